The maximum atomic E-state index is 4.76. The molecule has 3 aromatic rings. The molecule has 5 rings (SSSR count). The molecule has 4 heterocycles. The molecule has 2 aliphatic heterocycles. The highest BCUT2D eigenvalue weighted by atomic mass is 15.3. The van der Waals surface area contributed by atoms with Gasteiger partial charge in [0.15, 0.2) is 0 Å². The Morgan fingerprint density at radius 1 is 1.20 bits per heavy atom. The van der Waals surface area contributed by atoms with E-state index in [0.717, 1.165) is 60.2 Å². The SMILES string of the molecule is Cc1cc(Nc2ccc3[nH]ncc3c2)nc(N2CCC3(CNC3)C2)n1. The number of aryl methyl sites for hydroxylation is 1. The Bertz CT molecular complexity index is 928. The van der Waals surface area contributed by atoms with Crippen molar-refractivity contribution in [2.75, 3.05) is 36.4 Å². The van der Waals surface area contributed by atoms with Crippen LogP contribution in [0, 0.1) is 12.3 Å². The number of rotatable bonds is 3. The third-order valence-corrected chi connectivity index (χ3v) is 5.28. The molecule has 0 aliphatic carbocycles. The van der Waals surface area contributed by atoms with Crippen molar-refractivity contribution in [2.45, 2.75) is 13.3 Å². The summed E-state index contributed by atoms with van der Waals surface area (Å²) in [6.45, 7) is 6.33. The Morgan fingerprint density at radius 3 is 2.92 bits per heavy atom. The van der Waals surface area contributed by atoms with Gasteiger partial charge in [0.2, 0.25) is 5.95 Å². The van der Waals surface area contributed by atoms with Crippen molar-refractivity contribution in [1.82, 2.24) is 25.5 Å². The number of H-pyrrole nitrogens is 1. The van der Waals surface area contributed by atoms with Gasteiger partial charge in [0.1, 0.15) is 5.82 Å². The molecule has 2 aliphatic rings. The van der Waals surface area contributed by atoms with Crippen molar-refractivity contribution >= 4 is 28.4 Å². The van der Waals surface area contributed by atoms with Crippen LogP contribution in [0.1, 0.15) is 12.1 Å². The summed E-state index contributed by atoms with van der Waals surface area (Å²) in [5.74, 6) is 1.66. The lowest BCUT2D eigenvalue weighted by molar-refractivity contribution is 0.199. The van der Waals surface area contributed by atoms with Gasteiger partial charge in [-0.05, 0) is 31.5 Å². The van der Waals surface area contributed by atoms with Crippen LogP contribution >= 0.6 is 0 Å². The van der Waals surface area contributed by atoms with Gasteiger partial charge in [-0.1, -0.05) is 0 Å². The summed E-state index contributed by atoms with van der Waals surface area (Å²) in [5.41, 5.74) is 3.44. The summed E-state index contributed by atoms with van der Waals surface area (Å²) >= 11 is 0. The Balaban J connectivity index is 1.40. The van der Waals surface area contributed by atoms with Crippen LogP contribution < -0.4 is 15.5 Å². The minimum atomic E-state index is 0.438. The molecule has 25 heavy (non-hydrogen) atoms. The fourth-order valence-corrected chi connectivity index (χ4v) is 3.80. The van der Waals surface area contributed by atoms with E-state index in [1.54, 1.807) is 0 Å². The van der Waals surface area contributed by atoms with Crippen LogP contribution in [0.2, 0.25) is 0 Å². The normalized spacial score (nSPS) is 18.7. The molecular weight excluding hydrogens is 314 g/mol. The highest BCUT2D eigenvalue weighted by molar-refractivity contribution is 5.82. The van der Waals surface area contributed by atoms with Crippen LogP contribution in [0.15, 0.2) is 30.5 Å². The molecule has 0 atom stereocenters. The van der Waals surface area contributed by atoms with Crippen molar-refractivity contribution in [3.8, 4) is 0 Å². The van der Waals surface area contributed by atoms with Gasteiger partial charge >= 0.3 is 0 Å². The van der Waals surface area contributed by atoms with Gasteiger partial charge in [-0.15, -0.1) is 0 Å². The standard InChI is InChI=1S/C18H21N7/c1-12-6-16(22-14-2-3-15-13(7-14)8-20-24-15)23-17(21-12)25-5-4-18(11-25)9-19-10-18/h2-3,6-8,19H,4-5,9-11H2,1H3,(H,20,24)(H,21,22,23). The first kappa shape index (κ1) is 14.7. The van der Waals surface area contributed by atoms with E-state index in [0.29, 0.717) is 5.41 Å². The molecule has 128 valence electrons. The maximum Gasteiger partial charge on any atom is 0.227 e. The summed E-state index contributed by atoms with van der Waals surface area (Å²) in [5, 5.41) is 14.9. The molecule has 0 amide bonds. The molecule has 0 bridgehead atoms. The second-order valence-corrected chi connectivity index (χ2v) is 7.27. The van der Waals surface area contributed by atoms with E-state index in [2.05, 4.69) is 36.8 Å². The van der Waals surface area contributed by atoms with E-state index in [1.165, 1.54) is 6.42 Å². The van der Waals surface area contributed by atoms with Crippen LogP contribution in [0.5, 0.6) is 0 Å². The largest absolute Gasteiger partial charge is 0.340 e. The van der Waals surface area contributed by atoms with Gasteiger partial charge in [0, 0.05) is 54.4 Å². The summed E-state index contributed by atoms with van der Waals surface area (Å²) < 4.78 is 0. The quantitative estimate of drug-likeness (QED) is 0.681. The van der Waals surface area contributed by atoms with Crippen molar-refractivity contribution in [3.63, 3.8) is 0 Å². The van der Waals surface area contributed by atoms with E-state index >= 15 is 0 Å². The van der Waals surface area contributed by atoms with E-state index < -0.39 is 0 Å². The van der Waals surface area contributed by atoms with Crippen LogP contribution in [-0.2, 0) is 0 Å². The molecule has 2 fully saturated rings. The summed E-state index contributed by atoms with van der Waals surface area (Å²) in [6, 6.07) is 8.11. The molecule has 0 unspecified atom stereocenters. The number of hydrogen-bond donors (Lipinski definition) is 3. The fraction of sp³-hybridized carbons (Fsp3) is 0.389. The number of fused-ring (bicyclic) bond motifs is 1. The van der Waals surface area contributed by atoms with Gasteiger partial charge < -0.3 is 15.5 Å². The first-order valence-electron chi connectivity index (χ1n) is 8.71. The number of hydrogen-bond acceptors (Lipinski definition) is 6. The summed E-state index contributed by atoms with van der Waals surface area (Å²) in [7, 11) is 0. The number of nitrogens with one attached hydrogen (secondary N) is 3. The van der Waals surface area contributed by atoms with E-state index in [1.807, 2.05) is 31.3 Å². The second-order valence-electron chi connectivity index (χ2n) is 7.27. The lowest BCUT2D eigenvalue weighted by Crippen LogP contribution is -2.54. The topological polar surface area (TPSA) is 81.8 Å². The molecule has 7 heteroatoms. The van der Waals surface area contributed by atoms with E-state index in [9.17, 15) is 0 Å². The minimum Gasteiger partial charge on any atom is -0.340 e. The number of aromatic nitrogens is 4. The summed E-state index contributed by atoms with van der Waals surface area (Å²) in [4.78, 5) is 11.7. The molecule has 0 radical (unpaired) electrons. The molecule has 3 N–H and O–H groups in total. The highest BCUT2D eigenvalue weighted by Gasteiger charge is 2.43. The molecule has 1 spiro atoms. The number of nitrogens with zero attached hydrogens (tertiary/aromatic N) is 4. The molecule has 0 saturated carbocycles. The smallest absolute Gasteiger partial charge is 0.227 e. The second kappa shape index (κ2) is 5.42. The maximum absolute atomic E-state index is 4.76. The highest BCUT2D eigenvalue weighted by Crippen LogP contribution is 2.35. The molecule has 2 aromatic heterocycles. The zero-order chi connectivity index (χ0) is 16.9. The van der Waals surface area contributed by atoms with Gasteiger partial charge in [-0.25, -0.2) is 4.98 Å². The van der Waals surface area contributed by atoms with Gasteiger partial charge in [-0.2, -0.15) is 10.1 Å². The molecular formula is C18H21N7. The van der Waals surface area contributed by atoms with E-state index in [-0.39, 0.29) is 0 Å². The van der Waals surface area contributed by atoms with Crippen molar-refractivity contribution in [2.24, 2.45) is 5.41 Å². The molecule has 2 saturated heterocycles. The van der Waals surface area contributed by atoms with Crippen molar-refractivity contribution < 1.29 is 0 Å². The predicted molar refractivity (Wildman–Crippen MR) is 98.3 cm³/mol. The summed E-state index contributed by atoms with van der Waals surface area (Å²) in [6.07, 6.45) is 3.05. The van der Waals surface area contributed by atoms with Crippen LogP contribution in [0.25, 0.3) is 10.9 Å². The Hall–Kier alpha value is -2.67. The predicted octanol–water partition coefficient (Wildman–Crippen LogP) is 2.20. The lowest BCUT2D eigenvalue weighted by Gasteiger charge is -2.39. The van der Waals surface area contributed by atoms with Crippen LogP contribution in [0.3, 0.4) is 0 Å². The Kier molecular flexibility index (Phi) is 3.18. The van der Waals surface area contributed by atoms with Crippen LogP contribution in [-0.4, -0.2) is 46.3 Å². The van der Waals surface area contributed by atoms with Crippen LogP contribution in [0.4, 0.5) is 17.5 Å². The average molecular weight is 335 g/mol. The Morgan fingerprint density at radius 2 is 2.12 bits per heavy atom. The lowest BCUT2D eigenvalue weighted by atomic mass is 9.81. The molecule has 1 aromatic carbocycles. The van der Waals surface area contributed by atoms with Crippen molar-refractivity contribution in [3.05, 3.63) is 36.2 Å². The first-order chi connectivity index (χ1) is 12.2. The number of aromatic amines is 1. The molecule has 7 nitrogen and oxygen atoms in total. The third-order valence-electron chi connectivity index (χ3n) is 5.28. The third kappa shape index (κ3) is 2.60. The number of benzene rings is 1. The first-order valence-corrected chi connectivity index (χ1v) is 8.71. The van der Waals surface area contributed by atoms with Gasteiger partial charge in [0.05, 0.1) is 11.7 Å². The van der Waals surface area contributed by atoms with Crippen molar-refractivity contribution in [1.29, 1.82) is 0 Å². The average Bonchev–Trinajstić information content (AvgIpc) is 3.20. The zero-order valence-corrected chi connectivity index (χ0v) is 14.2. The van der Waals surface area contributed by atoms with E-state index in [4.69, 9.17) is 4.98 Å². The monoisotopic (exact) mass is 335 g/mol. The van der Waals surface area contributed by atoms with Gasteiger partial charge in [0.25, 0.3) is 0 Å². The van der Waals surface area contributed by atoms with Gasteiger partial charge in [-0.3, -0.25) is 5.10 Å². The minimum absolute atomic E-state index is 0.438. The number of anilines is 3. The zero-order valence-electron chi connectivity index (χ0n) is 14.2. The Labute approximate surface area is 145 Å². The fourth-order valence-electron chi connectivity index (χ4n) is 3.80.